The first-order chi connectivity index (χ1) is 7.34. The Morgan fingerprint density at radius 3 is 2.19 bits per heavy atom. The number of hydrogen-bond donors (Lipinski definition) is 1. The maximum Gasteiger partial charge on any atom is 0.339 e. The lowest BCUT2D eigenvalue weighted by molar-refractivity contribution is 0.0694. The van der Waals surface area contributed by atoms with Gasteiger partial charge in [-0.3, -0.25) is 4.68 Å². The molecule has 0 atom stereocenters. The van der Waals surface area contributed by atoms with E-state index in [-0.39, 0.29) is 5.92 Å². The number of aryl methyl sites for hydroxylation is 1. The maximum atomic E-state index is 11.1. The van der Waals surface area contributed by atoms with E-state index in [2.05, 4.69) is 32.8 Å². The topological polar surface area (TPSA) is 55.1 Å². The number of aromatic carboxylic acids is 1. The number of nitrogens with zero attached hydrogens (tertiary/aromatic N) is 2. The number of rotatable bonds is 4. The van der Waals surface area contributed by atoms with Crippen LogP contribution in [0.15, 0.2) is 6.20 Å². The van der Waals surface area contributed by atoms with Gasteiger partial charge in [0, 0.05) is 19.2 Å². The van der Waals surface area contributed by atoms with E-state index < -0.39 is 5.97 Å². The molecule has 0 aliphatic rings. The van der Waals surface area contributed by atoms with Crippen molar-refractivity contribution < 1.29 is 9.90 Å². The van der Waals surface area contributed by atoms with E-state index in [0.717, 1.165) is 0 Å². The molecule has 16 heavy (non-hydrogen) atoms. The van der Waals surface area contributed by atoms with Crippen LogP contribution in [0.3, 0.4) is 0 Å². The molecular formula is C12H20N2O2. The summed E-state index contributed by atoms with van der Waals surface area (Å²) >= 11 is 0. The van der Waals surface area contributed by atoms with Crippen molar-refractivity contribution in [2.24, 2.45) is 18.9 Å². The van der Waals surface area contributed by atoms with Crippen LogP contribution in [0.4, 0.5) is 0 Å². The van der Waals surface area contributed by atoms with Crippen LogP contribution in [-0.2, 0) is 7.05 Å². The standard InChI is InChI=1S/C12H20N2O2/c1-7(2)10(8(3)4)11-9(12(15)16)6-14(5)13-11/h6-8,10H,1-5H3,(H,15,16). The van der Waals surface area contributed by atoms with E-state index in [4.69, 9.17) is 5.11 Å². The van der Waals surface area contributed by atoms with Gasteiger partial charge in [0.25, 0.3) is 0 Å². The van der Waals surface area contributed by atoms with E-state index in [0.29, 0.717) is 23.1 Å². The van der Waals surface area contributed by atoms with Crippen LogP contribution in [0.25, 0.3) is 0 Å². The van der Waals surface area contributed by atoms with Gasteiger partial charge in [0.15, 0.2) is 0 Å². The molecule has 0 saturated heterocycles. The molecule has 1 rings (SSSR count). The second-order valence-electron chi connectivity index (χ2n) is 4.92. The summed E-state index contributed by atoms with van der Waals surface area (Å²) in [5.74, 6) is 0.0581. The van der Waals surface area contributed by atoms with Crippen molar-refractivity contribution in [3.63, 3.8) is 0 Å². The molecule has 90 valence electrons. The van der Waals surface area contributed by atoms with Crippen LogP contribution >= 0.6 is 0 Å². The van der Waals surface area contributed by atoms with Gasteiger partial charge in [0.1, 0.15) is 5.56 Å². The van der Waals surface area contributed by atoms with E-state index in [1.54, 1.807) is 17.9 Å². The average molecular weight is 224 g/mol. The van der Waals surface area contributed by atoms with Crippen LogP contribution in [0, 0.1) is 11.8 Å². The number of hydrogen-bond acceptors (Lipinski definition) is 2. The lowest BCUT2D eigenvalue weighted by Crippen LogP contribution is -2.17. The van der Waals surface area contributed by atoms with E-state index in [1.807, 2.05) is 0 Å². The fraction of sp³-hybridized carbons (Fsp3) is 0.667. The van der Waals surface area contributed by atoms with Crippen molar-refractivity contribution in [2.75, 3.05) is 0 Å². The molecule has 1 aromatic heterocycles. The van der Waals surface area contributed by atoms with Gasteiger partial charge >= 0.3 is 5.97 Å². The molecule has 0 unspecified atom stereocenters. The minimum atomic E-state index is -0.894. The number of carbonyl (C=O) groups is 1. The molecule has 0 amide bonds. The summed E-state index contributed by atoms with van der Waals surface area (Å²) in [5, 5.41) is 13.4. The normalized spacial score (nSPS) is 11.8. The van der Waals surface area contributed by atoms with Crippen molar-refractivity contribution in [2.45, 2.75) is 33.6 Å². The summed E-state index contributed by atoms with van der Waals surface area (Å²) in [6.07, 6.45) is 1.58. The lowest BCUT2D eigenvalue weighted by Gasteiger charge is -2.23. The first-order valence-electron chi connectivity index (χ1n) is 5.61. The SMILES string of the molecule is CC(C)C(c1nn(C)cc1C(=O)O)C(C)C. The highest BCUT2D eigenvalue weighted by Gasteiger charge is 2.27. The second kappa shape index (κ2) is 4.68. The molecule has 0 saturated carbocycles. The fourth-order valence-corrected chi connectivity index (χ4v) is 2.32. The summed E-state index contributed by atoms with van der Waals surface area (Å²) in [4.78, 5) is 11.1. The van der Waals surface area contributed by atoms with Gasteiger partial charge in [-0.2, -0.15) is 5.10 Å². The van der Waals surface area contributed by atoms with Gasteiger partial charge in [0.2, 0.25) is 0 Å². The van der Waals surface area contributed by atoms with Crippen molar-refractivity contribution >= 4 is 5.97 Å². The average Bonchev–Trinajstić information content (AvgIpc) is 2.45. The minimum Gasteiger partial charge on any atom is -0.478 e. The van der Waals surface area contributed by atoms with Crippen molar-refractivity contribution in [1.29, 1.82) is 0 Å². The molecule has 0 aliphatic heterocycles. The fourth-order valence-electron chi connectivity index (χ4n) is 2.32. The highest BCUT2D eigenvalue weighted by Crippen LogP contribution is 2.32. The predicted molar refractivity (Wildman–Crippen MR) is 62.6 cm³/mol. The Morgan fingerprint density at radius 2 is 1.81 bits per heavy atom. The summed E-state index contributed by atoms with van der Waals surface area (Å²) < 4.78 is 1.58. The predicted octanol–water partition coefficient (Wildman–Crippen LogP) is 2.51. The summed E-state index contributed by atoms with van der Waals surface area (Å²) in [7, 11) is 1.76. The molecule has 1 aromatic rings. The third-order valence-electron chi connectivity index (χ3n) is 2.84. The van der Waals surface area contributed by atoms with Gasteiger partial charge < -0.3 is 5.11 Å². The lowest BCUT2D eigenvalue weighted by atomic mass is 9.82. The molecule has 1 N–H and O–H groups in total. The van der Waals surface area contributed by atoms with Crippen molar-refractivity contribution in [3.8, 4) is 0 Å². The Bertz CT molecular complexity index is 372. The molecule has 0 spiro atoms. The first-order valence-corrected chi connectivity index (χ1v) is 5.61. The third-order valence-corrected chi connectivity index (χ3v) is 2.84. The van der Waals surface area contributed by atoms with Gasteiger partial charge in [-0.15, -0.1) is 0 Å². The number of aromatic nitrogens is 2. The Balaban J connectivity index is 3.23. The van der Waals surface area contributed by atoms with Crippen LogP contribution in [0.2, 0.25) is 0 Å². The molecule has 0 fully saturated rings. The zero-order chi connectivity index (χ0) is 12.5. The highest BCUT2D eigenvalue weighted by molar-refractivity contribution is 5.88. The van der Waals surface area contributed by atoms with E-state index in [9.17, 15) is 4.79 Å². The Kier molecular flexibility index (Phi) is 3.73. The zero-order valence-corrected chi connectivity index (χ0v) is 10.6. The molecule has 0 bridgehead atoms. The van der Waals surface area contributed by atoms with E-state index in [1.165, 1.54) is 0 Å². The smallest absolute Gasteiger partial charge is 0.339 e. The molecule has 4 nitrogen and oxygen atoms in total. The van der Waals surface area contributed by atoms with E-state index >= 15 is 0 Å². The van der Waals surface area contributed by atoms with Crippen LogP contribution in [0.5, 0.6) is 0 Å². The Morgan fingerprint density at radius 1 is 1.31 bits per heavy atom. The van der Waals surface area contributed by atoms with Crippen molar-refractivity contribution in [3.05, 3.63) is 17.5 Å². The van der Waals surface area contributed by atoms with Crippen LogP contribution < -0.4 is 0 Å². The first kappa shape index (κ1) is 12.7. The number of carboxylic acid groups (broad SMARTS) is 1. The molecule has 1 heterocycles. The van der Waals surface area contributed by atoms with Crippen molar-refractivity contribution in [1.82, 2.24) is 9.78 Å². The van der Waals surface area contributed by atoms with Gasteiger partial charge in [-0.25, -0.2) is 4.79 Å². The molecule has 4 heteroatoms. The molecular weight excluding hydrogens is 204 g/mol. The van der Waals surface area contributed by atoms with Gasteiger partial charge in [-0.05, 0) is 11.8 Å². The quantitative estimate of drug-likeness (QED) is 0.855. The summed E-state index contributed by atoms with van der Waals surface area (Å²) in [6.45, 7) is 8.41. The maximum absolute atomic E-state index is 11.1. The molecule has 0 aromatic carbocycles. The number of carboxylic acids is 1. The molecule has 0 aliphatic carbocycles. The Hall–Kier alpha value is -1.32. The van der Waals surface area contributed by atoms with Gasteiger partial charge in [-0.1, -0.05) is 27.7 Å². The third kappa shape index (κ3) is 2.43. The summed E-state index contributed by atoms with van der Waals surface area (Å²) in [5.41, 5.74) is 1.04. The van der Waals surface area contributed by atoms with Crippen LogP contribution in [0.1, 0.15) is 49.7 Å². The highest BCUT2D eigenvalue weighted by atomic mass is 16.4. The second-order valence-corrected chi connectivity index (χ2v) is 4.92. The monoisotopic (exact) mass is 224 g/mol. The van der Waals surface area contributed by atoms with Gasteiger partial charge in [0.05, 0.1) is 5.69 Å². The zero-order valence-electron chi connectivity index (χ0n) is 10.6. The van der Waals surface area contributed by atoms with Crippen LogP contribution in [-0.4, -0.2) is 20.9 Å². The summed E-state index contributed by atoms with van der Waals surface area (Å²) in [6, 6.07) is 0. The molecule has 0 radical (unpaired) electrons. The minimum absolute atomic E-state index is 0.187. The largest absolute Gasteiger partial charge is 0.478 e. The Labute approximate surface area is 96.3 Å².